The number of hydrogen-bond acceptors (Lipinski definition) is 5. The number of hydrogen-bond donors (Lipinski definition) is 1. The van der Waals surface area contributed by atoms with Crippen LogP contribution in [0.5, 0.6) is 0 Å². The summed E-state index contributed by atoms with van der Waals surface area (Å²) in [5.74, 6) is -0.118. The Balaban J connectivity index is 2.44. The first-order valence-electron chi connectivity index (χ1n) is 7.65. The van der Waals surface area contributed by atoms with Crippen molar-refractivity contribution in [3.63, 3.8) is 0 Å². The molecular formula is C15H31N3O2. The van der Waals surface area contributed by atoms with Crippen molar-refractivity contribution in [1.29, 1.82) is 0 Å². The molecule has 1 aliphatic rings. The van der Waals surface area contributed by atoms with Gasteiger partial charge in [0, 0.05) is 25.7 Å². The first-order valence-corrected chi connectivity index (χ1v) is 7.65. The second-order valence-corrected chi connectivity index (χ2v) is 6.33. The Morgan fingerprint density at radius 2 is 1.90 bits per heavy atom. The smallest absolute Gasteiger partial charge is 0.326 e. The summed E-state index contributed by atoms with van der Waals surface area (Å²) in [7, 11) is 6.25. The van der Waals surface area contributed by atoms with Gasteiger partial charge in [-0.15, -0.1) is 0 Å². The lowest BCUT2D eigenvalue weighted by molar-refractivity contribution is -0.151. The highest BCUT2D eigenvalue weighted by Gasteiger charge is 2.39. The van der Waals surface area contributed by atoms with E-state index >= 15 is 0 Å². The zero-order chi connectivity index (χ0) is 15.2. The van der Waals surface area contributed by atoms with Gasteiger partial charge < -0.3 is 14.5 Å². The zero-order valence-corrected chi connectivity index (χ0v) is 13.7. The van der Waals surface area contributed by atoms with Gasteiger partial charge in [-0.3, -0.25) is 10.1 Å². The maximum absolute atomic E-state index is 12.2. The summed E-state index contributed by atoms with van der Waals surface area (Å²) in [4.78, 5) is 16.6. The number of nitrogens with one attached hydrogen (secondary N) is 1. The van der Waals surface area contributed by atoms with Crippen LogP contribution in [-0.2, 0) is 9.53 Å². The van der Waals surface area contributed by atoms with Gasteiger partial charge in [-0.2, -0.15) is 0 Å². The molecule has 0 bridgehead atoms. The molecule has 1 atom stereocenters. The average molecular weight is 285 g/mol. The van der Waals surface area contributed by atoms with E-state index in [9.17, 15) is 4.79 Å². The number of nitrogens with zero attached hydrogens (tertiary/aromatic N) is 2. The number of rotatable bonds is 10. The summed E-state index contributed by atoms with van der Waals surface area (Å²) < 4.78 is 5.24. The fourth-order valence-electron chi connectivity index (χ4n) is 2.10. The van der Waals surface area contributed by atoms with Gasteiger partial charge in [0.2, 0.25) is 0 Å². The van der Waals surface area contributed by atoms with Crippen LogP contribution < -0.4 is 5.32 Å². The van der Waals surface area contributed by atoms with Crippen LogP contribution in [0.15, 0.2) is 0 Å². The van der Waals surface area contributed by atoms with E-state index < -0.39 is 5.54 Å². The largest absolute Gasteiger partial charge is 0.465 e. The molecule has 0 heterocycles. The molecule has 0 saturated heterocycles. The topological polar surface area (TPSA) is 44.8 Å². The highest BCUT2D eigenvalue weighted by molar-refractivity contribution is 5.80. The molecule has 0 aromatic heterocycles. The van der Waals surface area contributed by atoms with Crippen molar-refractivity contribution in [2.75, 3.05) is 47.4 Å². The van der Waals surface area contributed by atoms with E-state index in [1.807, 2.05) is 13.8 Å². The van der Waals surface area contributed by atoms with Crippen LogP contribution in [0.3, 0.4) is 0 Å². The lowest BCUT2D eigenvalue weighted by Crippen LogP contribution is -2.53. The number of esters is 1. The monoisotopic (exact) mass is 285 g/mol. The first kappa shape index (κ1) is 17.4. The molecule has 0 radical (unpaired) electrons. The quantitative estimate of drug-likeness (QED) is 0.605. The number of likely N-dealkylation sites (N-methyl/N-ethyl adjacent to an activating group) is 2. The zero-order valence-electron chi connectivity index (χ0n) is 13.7. The van der Waals surface area contributed by atoms with Crippen molar-refractivity contribution in [2.24, 2.45) is 0 Å². The Morgan fingerprint density at radius 3 is 2.40 bits per heavy atom. The van der Waals surface area contributed by atoms with E-state index in [4.69, 9.17) is 4.74 Å². The van der Waals surface area contributed by atoms with Gasteiger partial charge in [0.15, 0.2) is 0 Å². The van der Waals surface area contributed by atoms with Crippen LogP contribution in [0, 0.1) is 0 Å². The summed E-state index contributed by atoms with van der Waals surface area (Å²) >= 11 is 0. The van der Waals surface area contributed by atoms with Crippen molar-refractivity contribution in [1.82, 2.24) is 15.1 Å². The van der Waals surface area contributed by atoms with Crippen molar-refractivity contribution in [2.45, 2.75) is 44.7 Å². The molecule has 5 nitrogen and oxygen atoms in total. The van der Waals surface area contributed by atoms with E-state index in [0.29, 0.717) is 12.6 Å². The second-order valence-electron chi connectivity index (χ2n) is 6.33. The van der Waals surface area contributed by atoms with E-state index in [2.05, 4.69) is 36.3 Å². The van der Waals surface area contributed by atoms with Gasteiger partial charge in [-0.25, -0.2) is 0 Å². The molecule has 20 heavy (non-hydrogen) atoms. The predicted molar refractivity (Wildman–Crippen MR) is 81.9 cm³/mol. The minimum Gasteiger partial charge on any atom is -0.465 e. The van der Waals surface area contributed by atoms with Gasteiger partial charge >= 0.3 is 5.97 Å². The van der Waals surface area contributed by atoms with Crippen LogP contribution in [0.1, 0.15) is 33.1 Å². The van der Waals surface area contributed by atoms with Crippen LogP contribution in [0.2, 0.25) is 0 Å². The molecule has 1 rings (SSSR count). The van der Waals surface area contributed by atoms with Crippen molar-refractivity contribution >= 4 is 5.97 Å². The fourth-order valence-corrected chi connectivity index (χ4v) is 2.10. The second kappa shape index (κ2) is 7.96. The van der Waals surface area contributed by atoms with Gasteiger partial charge in [-0.1, -0.05) is 0 Å². The molecular weight excluding hydrogens is 254 g/mol. The summed E-state index contributed by atoms with van der Waals surface area (Å²) in [5, 5.41) is 3.46. The minimum absolute atomic E-state index is 0.118. The lowest BCUT2D eigenvalue weighted by atomic mass is 9.97. The normalized spacial score (nSPS) is 18.4. The lowest BCUT2D eigenvalue weighted by Gasteiger charge is -2.31. The third-order valence-corrected chi connectivity index (χ3v) is 3.75. The Kier molecular flexibility index (Phi) is 6.92. The van der Waals surface area contributed by atoms with Gasteiger partial charge in [0.05, 0.1) is 6.61 Å². The van der Waals surface area contributed by atoms with Crippen LogP contribution in [-0.4, -0.2) is 74.7 Å². The summed E-state index contributed by atoms with van der Waals surface area (Å²) in [5.41, 5.74) is -0.552. The molecule has 5 heteroatoms. The Morgan fingerprint density at radius 1 is 1.25 bits per heavy atom. The molecule has 0 spiro atoms. The van der Waals surface area contributed by atoms with E-state index in [1.54, 1.807) is 0 Å². The number of carbonyl (C=O) groups excluding carboxylic acids is 1. The maximum Gasteiger partial charge on any atom is 0.326 e. The number of carbonyl (C=O) groups is 1. The number of ether oxygens (including phenoxy) is 1. The highest BCUT2D eigenvalue weighted by atomic mass is 16.5. The van der Waals surface area contributed by atoms with Crippen LogP contribution in [0.25, 0.3) is 0 Å². The molecule has 0 aliphatic heterocycles. The molecule has 1 saturated carbocycles. The standard InChI is InChI=1S/C15H31N3O2/c1-6-20-14(19)15(2,16-13-7-8-13)9-10-18(5)12-11-17(3)4/h13,16H,6-12H2,1-5H3. The Hall–Kier alpha value is -0.650. The summed E-state index contributed by atoms with van der Waals surface area (Å²) in [6.45, 7) is 7.21. The highest BCUT2D eigenvalue weighted by Crippen LogP contribution is 2.25. The van der Waals surface area contributed by atoms with Gasteiger partial charge in [-0.05, 0) is 54.3 Å². The minimum atomic E-state index is -0.552. The summed E-state index contributed by atoms with van der Waals surface area (Å²) in [6.07, 6.45) is 3.13. The SMILES string of the molecule is CCOC(=O)C(C)(CCN(C)CCN(C)C)NC1CC1. The first-order chi connectivity index (χ1) is 9.37. The van der Waals surface area contributed by atoms with Gasteiger partial charge in [0.25, 0.3) is 0 Å². The Labute approximate surface area is 123 Å². The van der Waals surface area contributed by atoms with Crippen LogP contribution in [0.4, 0.5) is 0 Å². The van der Waals surface area contributed by atoms with Crippen molar-refractivity contribution in [3.8, 4) is 0 Å². The van der Waals surface area contributed by atoms with E-state index in [1.165, 1.54) is 12.8 Å². The fraction of sp³-hybridized carbons (Fsp3) is 0.933. The molecule has 0 aromatic carbocycles. The molecule has 118 valence electrons. The summed E-state index contributed by atoms with van der Waals surface area (Å²) in [6, 6.07) is 0.497. The van der Waals surface area contributed by atoms with Crippen molar-refractivity contribution in [3.05, 3.63) is 0 Å². The molecule has 1 N–H and O–H groups in total. The van der Waals surface area contributed by atoms with E-state index in [-0.39, 0.29) is 5.97 Å². The molecule has 1 unspecified atom stereocenters. The van der Waals surface area contributed by atoms with Crippen LogP contribution >= 0.6 is 0 Å². The molecule has 1 fully saturated rings. The average Bonchev–Trinajstić information content (AvgIpc) is 3.18. The Bertz CT molecular complexity index is 305. The predicted octanol–water partition coefficient (Wildman–Crippen LogP) is 0.944. The molecule has 0 aromatic rings. The van der Waals surface area contributed by atoms with Gasteiger partial charge in [0.1, 0.15) is 5.54 Å². The van der Waals surface area contributed by atoms with E-state index in [0.717, 1.165) is 26.1 Å². The third kappa shape index (κ3) is 6.20. The molecule has 0 amide bonds. The molecule has 1 aliphatic carbocycles. The third-order valence-electron chi connectivity index (χ3n) is 3.75. The maximum atomic E-state index is 12.2. The van der Waals surface area contributed by atoms with Crippen molar-refractivity contribution < 1.29 is 9.53 Å².